The van der Waals surface area contributed by atoms with Crippen LogP contribution in [0.25, 0.3) is 0 Å². The molecular weight excluding hydrogens is 256 g/mol. The number of carbonyl (C=O) groups is 2. The maximum absolute atomic E-state index is 12.5. The third-order valence-corrected chi connectivity index (χ3v) is 4.33. The highest BCUT2D eigenvalue weighted by Crippen LogP contribution is 2.32. The van der Waals surface area contributed by atoms with Crippen LogP contribution in [0.2, 0.25) is 0 Å². The molecule has 0 heterocycles. The number of rotatable bonds is 6. The molecule has 1 aliphatic rings. The van der Waals surface area contributed by atoms with Crippen LogP contribution in [0.5, 0.6) is 0 Å². The van der Waals surface area contributed by atoms with Crippen LogP contribution in [0.1, 0.15) is 54.4 Å². The summed E-state index contributed by atoms with van der Waals surface area (Å²) in [7, 11) is 0. The molecule has 116 valence electrons. The molecule has 2 N–H and O–H groups in total. The van der Waals surface area contributed by atoms with Crippen LogP contribution in [-0.2, 0) is 4.79 Å². The lowest BCUT2D eigenvalue weighted by Crippen LogP contribution is -2.60. The molecular formula is C15H28N2O3. The monoisotopic (exact) mass is 284 g/mol. The summed E-state index contributed by atoms with van der Waals surface area (Å²) >= 11 is 0. The number of amides is 2. The van der Waals surface area contributed by atoms with Gasteiger partial charge in [0.1, 0.15) is 0 Å². The molecule has 1 saturated carbocycles. The predicted molar refractivity (Wildman–Crippen MR) is 78.6 cm³/mol. The normalized spacial score (nSPS) is 16.1. The molecule has 0 aliphatic heterocycles. The third kappa shape index (κ3) is 3.64. The maximum Gasteiger partial charge on any atom is 0.318 e. The maximum atomic E-state index is 12.5. The first-order chi connectivity index (χ1) is 8.99. The van der Waals surface area contributed by atoms with Gasteiger partial charge in [-0.25, -0.2) is 4.79 Å². The van der Waals surface area contributed by atoms with Gasteiger partial charge in [0.15, 0.2) is 0 Å². The molecule has 0 aromatic heterocycles. The molecule has 5 nitrogen and oxygen atoms in total. The van der Waals surface area contributed by atoms with E-state index in [0.29, 0.717) is 18.5 Å². The van der Waals surface area contributed by atoms with Gasteiger partial charge >= 0.3 is 12.0 Å². The number of urea groups is 1. The smallest absolute Gasteiger partial charge is 0.318 e. The molecule has 1 rings (SSSR count). The molecule has 0 radical (unpaired) electrons. The number of carboxylic acid groups (broad SMARTS) is 1. The van der Waals surface area contributed by atoms with Crippen molar-refractivity contribution in [2.45, 2.75) is 66.0 Å². The van der Waals surface area contributed by atoms with Crippen molar-refractivity contribution in [3.63, 3.8) is 0 Å². The van der Waals surface area contributed by atoms with E-state index < -0.39 is 16.9 Å². The van der Waals surface area contributed by atoms with Crippen LogP contribution >= 0.6 is 0 Å². The number of nitrogens with one attached hydrogen (secondary N) is 1. The number of hydrogen-bond donors (Lipinski definition) is 2. The standard InChI is InChI=1S/C15H28N2O3/c1-10(2)9-17(11-7-8-11)13(20)16-15(5,6)14(3,4)12(18)19/h10-11H,7-9H2,1-6H3,(H,16,20)(H,18,19). The Bertz CT molecular complexity index is 385. The van der Waals surface area contributed by atoms with Crippen molar-refractivity contribution in [1.29, 1.82) is 0 Å². The van der Waals surface area contributed by atoms with E-state index in [4.69, 9.17) is 0 Å². The first kappa shape index (κ1) is 16.8. The number of aliphatic carboxylic acids is 1. The Kier molecular flexibility index (Phi) is 4.72. The highest BCUT2D eigenvalue weighted by molar-refractivity contribution is 5.80. The lowest BCUT2D eigenvalue weighted by molar-refractivity contribution is -0.150. The van der Waals surface area contributed by atoms with E-state index in [2.05, 4.69) is 19.2 Å². The topological polar surface area (TPSA) is 69.6 Å². The lowest BCUT2D eigenvalue weighted by atomic mass is 9.74. The van der Waals surface area contributed by atoms with Crippen molar-refractivity contribution in [1.82, 2.24) is 10.2 Å². The van der Waals surface area contributed by atoms with Gasteiger partial charge in [-0.15, -0.1) is 0 Å². The van der Waals surface area contributed by atoms with Gasteiger partial charge in [-0.2, -0.15) is 0 Å². The predicted octanol–water partition coefficient (Wildman–Crippen LogP) is 2.71. The van der Waals surface area contributed by atoms with E-state index in [9.17, 15) is 14.7 Å². The quantitative estimate of drug-likeness (QED) is 0.788. The van der Waals surface area contributed by atoms with E-state index in [0.717, 1.165) is 12.8 Å². The van der Waals surface area contributed by atoms with Gasteiger partial charge in [0.2, 0.25) is 0 Å². The van der Waals surface area contributed by atoms with Crippen molar-refractivity contribution in [2.24, 2.45) is 11.3 Å². The Labute approximate surface area is 121 Å². The largest absolute Gasteiger partial charge is 0.481 e. The average Bonchev–Trinajstić information content (AvgIpc) is 3.07. The van der Waals surface area contributed by atoms with Crippen LogP contribution in [0.4, 0.5) is 4.79 Å². The summed E-state index contributed by atoms with van der Waals surface area (Å²) < 4.78 is 0. The van der Waals surface area contributed by atoms with Gasteiger partial charge in [0, 0.05) is 12.6 Å². The lowest BCUT2D eigenvalue weighted by Gasteiger charge is -2.40. The molecule has 2 amide bonds. The van der Waals surface area contributed by atoms with Gasteiger partial charge in [0.05, 0.1) is 11.0 Å². The Morgan fingerprint density at radius 2 is 1.75 bits per heavy atom. The molecule has 0 bridgehead atoms. The number of carboxylic acids is 1. The van der Waals surface area contributed by atoms with Gasteiger partial charge in [-0.05, 0) is 46.5 Å². The van der Waals surface area contributed by atoms with E-state index in [1.54, 1.807) is 27.7 Å². The first-order valence-corrected chi connectivity index (χ1v) is 7.31. The Morgan fingerprint density at radius 3 is 2.10 bits per heavy atom. The van der Waals surface area contributed by atoms with Crippen molar-refractivity contribution in [2.75, 3.05) is 6.54 Å². The third-order valence-electron chi connectivity index (χ3n) is 4.33. The van der Waals surface area contributed by atoms with Crippen molar-refractivity contribution >= 4 is 12.0 Å². The van der Waals surface area contributed by atoms with Crippen LogP contribution in [-0.4, -0.2) is 40.1 Å². The molecule has 0 spiro atoms. The summed E-state index contributed by atoms with van der Waals surface area (Å²) in [6, 6.07) is 0.168. The van der Waals surface area contributed by atoms with Crippen LogP contribution in [0, 0.1) is 11.3 Å². The summed E-state index contributed by atoms with van der Waals surface area (Å²) in [6.45, 7) is 11.7. The minimum Gasteiger partial charge on any atom is -0.481 e. The first-order valence-electron chi connectivity index (χ1n) is 7.31. The zero-order chi connectivity index (χ0) is 15.7. The SMILES string of the molecule is CC(C)CN(C(=O)NC(C)(C)C(C)(C)C(=O)O)C1CC1. The Balaban J connectivity index is 2.79. The zero-order valence-electron chi connectivity index (χ0n) is 13.5. The van der Waals surface area contributed by atoms with E-state index in [1.807, 2.05) is 4.90 Å². The minimum absolute atomic E-state index is 0.152. The molecule has 0 aromatic rings. The summed E-state index contributed by atoms with van der Waals surface area (Å²) in [5.74, 6) is -0.512. The fraction of sp³-hybridized carbons (Fsp3) is 0.867. The van der Waals surface area contributed by atoms with Crippen LogP contribution in [0.3, 0.4) is 0 Å². The molecule has 1 aliphatic carbocycles. The van der Waals surface area contributed by atoms with Gasteiger partial charge in [0.25, 0.3) is 0 Å². The average molecular weight is 284 g/mol. The van der Waals surface area contributed by atoms with E-state index in [-0.39, 0.29) is 6.03 Å². The number of nitrogens with zero attached hydrogens (tertiary/aromatic N) is 1. The number of carbonyl (C=O) groups excluding carboxylic acids is 1. The minimum atomic E-state index is -1.03. The molecule has 0 unspecified atom stereocenters. The summed E-state index contributed by atoms with van der Waals surface area (Å²) in [4.78, 5) is 25.7. The fourth-order valence-electron chi connectivity index (χ4n) is 1.94. The second kappa shape index (κ2) is 5.62. The molecule has 20 heavy (non-hydrogen) atoms. The Hall–Kier alpha value is -1.26. The van der Waals surface area contributed by atoms with E-state index in [1.165, 1.54) is 0 Å². The van der Waals surface area contributed by atoms with Gasteiger partial charge < -0.3 is 15.3 Å². The van der Waals surface area contributed by atoms with E-state index >= 15 is 0 Å². The van der Waals surface area contributed by atoms with Gasteiger partial charge in [-0.3, -0.25) is 4.79 Å². The second-order valence-electron chi connectivity index (χ2n) is 7.26. The van der Waals surface area contributed by atoms with Crippen LogP contribution in [0.15, 0.2) is 0 Å². The summed E-state index contributed by atoms with van der Waals surface area (Å²) in [5.41, 5.74) is -1.85. The van der Waals surface area contributed by atoms with Crippen LogP contribution < -0.4 is 5.32 Å². The summed E-state index contributed by atoms with van der Waals surface area (Å²) in [6.07, 6.45) is 2.09. The fourth-order valence-corrected chi connectivity index (χ4v) is 1.94. The Morgan fingerprint density at radius 1 is 1.25 bits per heavy atom. The highest BCUT2D eigenvalue weighted by Gasteiger charge is 2.46. The molecule has 1 fully saturated rings. The molecule has 0 atom stereocenters. The highest BCUT2D eigenvalue weighted by atomic mass is 16.4. The molecule has 0 saturated heterocycles. The number of hydrogen-bond acceptors (Lipinski definition) is 2. The molecule has 5 heteroatoms. The van der Waals surface area contributed by atoms with Crippen molar-refractivity contribution in [3.05, 3.63) is 0 Å². The second-order valence-corrected chi connectivity index (χ2v) is 7.26. The van der Waals surface area contributed by atoms with Gasteiger partial charge in [-0.1, -0.05) is 13.8 Å². The zero-order valence-corrected chi connectivity index (χ0v) is 13.5. The van der Waals surface area contributed by atoms with Crippen molar-refractivity contribution in [3.8, 4) is 0 Å². The molecule has 0 aromatic carbocycles. The van der Waals surface area contributed by atoms with Crippen molar-refractivity contribution < 1.29 is 14.7 Å². The summed E-state index contributed by atoms with van der Waals surface area (Å²) in [5, 5.41) is 12.2.